The van der Waals surface area contributed by atoms with E-state index in [9.17, 15) is 9.90 Å². The fourth-order valence-corrected chi connectivity index (χ4v) is 2.60. The number of likely N-dealkylation sites (tertiary alicyclic amines) is 1. The third-order valence-corrected chi connectivity index (χ3v) is 3.67. The Kier molecular flexibility index (Phi) is 7.39. The van der Waals surface area contributed by atoms with Gasteiger partial charge in [0.2, 0.25) is 5.91 Å². The Morgan fingerprint density at radius 1 is 1.37 bits per heavy atom. The summed E-state index contributed by atoms with van der Waals surface area (Å²) in [5, 5.41) is 12.6. The highest BCUT2D eigenvalue weighted by Gasteiger charge is 2.20. The third-order valence-electron chi connectivity index (χ3n) is 3.67. The summed E-state index contributed by atoms with van der Waals surface area (Å²) in [5.74, 6) is 0.823. The summed E-state index contributed by atoms with van der Waals surface area (Å²) in [5.41, 5.74) is 0. The molecule has 0 bridgehead atoms. The van der Waals surface area contributed by atoms with Gasteiger partial charge in [0.25, 0.3) is 0 Å². The van der Waals surface area contributed by atoms with Gasteiger partial charge in [-0.25, -0.2) is 0 Å². The van der Waals surface area contributed by atoms with Crippen molar-refractivity contribution in [2.75, 3.05) is 19.6 Å². The highest BCUT2D eigenvalue weighted by atomic mass is 16.3. The number of nitrogens with one attached hydrogen (secondary N) is 1. The molecule has 4 heteroatoms. The number of β-amino-alcohol motifs (C(OH)–C–C–N with tert-alkyl or cyclic N) is 1. The zero-order valence-electron chi connectivity index (χ0n) is 12.7. The van der Waals surface area contributed by atoms with Crippen LogP contribution in [0.15, 0.2) is 0 Å². The molecule has 112 valence electrons. The Morgan fingerprint density at radius 2 is 2.11 bits per heavy atom. The molecule has 1 aliphatic rings. The molecule has 2 N–H and O–H groups in total. The molecular weight excluding hydrogens is 240 g/mol. The topological polar surface area (TPSA) is 52.6 Å². The number of piperidine rings is 1. The number of carbonyl (C=O) groups is 1. The highest BCUT2D eigenvalue weighted by molar-refractivity contribution is 5.78. The number of aliphatic hydroxyl groups is 1. The van der Waals surface area contributed by atoms with E-state index in [-0.39, 0.29) is 18.1 Å². The fourth-order valence-electron chi connectivity index (χ4n) is 2.60. The maximum atomic E-state index is 11.9. The van der Waals surface area contributed by atoms with Gasteiger partial charge in [-0.05, 0) is 38.6 Å². The molecule has 1 aliphatic heterocycles. The number of rotatable bonds is 7. The standard InChI is InChI=1S/C15H30N2O2/c1-12(2)6-4-7-13(3)16-15(19)11-17-9-5-8-14(18)10-17/h12-14,18H,4-11H2,1-3H3,(H,16,19). The second kappa shape index (κ2) is 8.54. The van der Waals surface area contributed by atoms with E-state index in [1.807, 2.05) is 4.90 Å². The number of carbonyl (C=O) groups excluding carboxylic acids is 1. The fraction of sp³-hybridized carbons (Fsp3) is 0.933. The number of hydrogen-bond donors (Lipinski definition) is 2. The van der Waals surface area contributed by atoms with Crippen LogP contribution in [0.5, 0.6) is 0 Å². The monoisotopic (exact) mass is 270 g/mol. The van der Waals surface area contributed by atoms with E-state index in [4.69, 9.17) is 0 Å². The van der Waals surface area contributed by atoms with Gasteiger partial charge in [0.05, 0.1) is 12.6 Å². The van der Waals surface area contributed by atoms with Crippen molar-refractivity contribution < 1.29 is 9.90 Å². The van der Waals surface area contributed by atoms with Gasteiger partial charge in [0, 0.05) is 12.6 Å². The van der Waals surface area contributed by atoms with Crippen molar-refractivity contribution in [3.63, 3.8) is 0 Å². The molecule has 0 aliphatic carbocycles. The minimum absolute atomic E-state index is 0.0890. The van der Waals surface area contributed by atoms with Gasteiger partial charge >= 0.3 is 0 Å². The van der Waals surface area contributed by atoms with Crippen LogP contribution < -0.4 is 5.32 Å². The van der Waals surface area contributed by atoms with Crippen molar-refractivity contribution in [1.82, 2.24) is 10.2 Å². The molecule has 0 aromatic rings. The summed E-state index contributed by atoms with van der Waals surface area (Å²) in [6.07, 6.45) is 5.03. The van der Waals surface area contributed by atoms with Crippen LogP contribution in [0.25, 0.3) is 0 Å². The van der Waals surface area contributed by atoms with Crippen LogP contribution in [0, 0.1) is 5.92 Å². The second-order valence-corrected chi connectivity index (χ2v) is 6.32. The summed E-state index contributed by atoms with van der Waals surface area (Å²) in [7, 11) is 0. The third kappa shape index (κ3) is 7.53. The van der Waals surface area contributed by atoms with E-state index >= 15 is 0 Å². The maximum absolute atomic E-state index is 11.9. The Morgan fingerprint density at radius 3 is 2.74 bits per heavy atom. The minimum atomic E-state index is -0.259. The molecule has 1 saturated heterocycles. The normalized spacial score (nSPS) is 22.5. The predicted octanol–water partition coefficient (Wildman–Crippen LogP) is 1.77. The van der Waals surface area contributed by atoms with Crippen LogP contribution in [0.1, 0.15) is 52.9 Å². The molecule has 0 radical (unpaired) electrons. The van der Waals surface area contributed by atoms with E-state index in [0.717, 1.165) is 31.7 Å². The zero-order chi connectivity index (χ0) is 14.3. The summed E-state index contributed by atoms with van der Waals surface area (Å²) < 4.78 is 0. The van der Waals surface area contributed by atoms with E-state index in [1.165, 1.54) is 12.8 Å². The zero-order valence-corrected chi connectivity index (χ0v) is 12.7. The van der Waals surface area contributed by atoms with Crippen molar-refractivity contribution in [2.45, 2.75) is 65.0 Å². The quantitative estimate of drug-likeness (QED) is 0.741. The Balaban J connectivity index is 2.15. The number of aliphatic hydroxyl groups excluding tert-OH is 1. The lowest BCUT2D eigenvalue weighted by molar-refractivity contribution is -0.123. The molecule has 19 heavy (non-hydrogen) atoms. The van der Waals surface area contributed by atoms with Crippen LogP contribution >= 0.6 is 0 Å². The van der Waals surface area contributed by atoms with Gasteiger partial charge in [-0.3, -0.25) is 9.69 Å². The van der Waals surface area contributed by atoms with Crippen molar-refractivity contribution in [2.24, 2.45) is 5.92 Å². The van der Waals surface area contributed by atoms with E-state index in [0.29, 0.717) is 13.1 Å². The molecule has 0 spiro atoms. The molecule has 1 amide bonds. The van der Waals surface area contributed by atoms with E-state index in [2.05, 4.69) is 26.1 Å². The first-order valence-corrected chi connectivity index (χ1v) is 7.67. The largest absolute Gasteiger partial charge is 0.392 e. The van der Waals surface area contributed by atoms with Gasteiger partial charge in [-0.15, -0.1) is 0 Å². The van der Waals surface area contributed by atoms with Gasteiger partial charge < -0.3 is 10.4 Å². The Labute approximate surface area is 117 Å². The number of nitrogens with zero attached hydrogens (tertiary/aromatic N) is 1. The minimum Gasteiger partial charge on any atom is -0.392 e. The molecule has 2 unspecified atom stereocenters. The Bertz CT molecular complexity index is 269. The molecule has 2 atom stereocenters. The average molecular weight is 270 g/mol. The van der Waals surface area contributed by atoms with Gasteiger partial charge in [0.1, 0.15) is 0 Å². The van der Waals surface area contributed by atoms with Gasteiger partial charge in [0.15, 0.2) is 0 Å². The SMILES string of the molecule is CC(C)CCCC(C)NC(=O)CN1CCCC(O)C1. The van der Waals surface area contributed by atoms with Crippen molar-refractivity contribution in [3.8, 4) is 0 Å². The molecule has 4 nitrogen and oxygen atoms in total. The van der Waals surface area contributed by atoms with Crippen molar-refractivity contribution in [1.29, 1.82) is 0 Å². The summed E-state index contributed by atoms with van der Waals surface area (Å²) in [4.78, 5) is 13.9. The van der Waals surface area contributed by atoms with Crippen molar-refractivity contribution in [3.05, 3.63) is 0 Å². The first kappa shape index (κ1) is 16.4. The van der Waals surface area contributed by atoms with Crippen LogP contribution in [0.2, 0.25) is 0 Å². The van der Waals surface area contributed by atoms with E-state index in [1.54, 1.807) is 0 Å². The molecule has 0 aromatic heterocycles. The summed E-state index contributed by atoms with van der Waals surface area (Å²) in [6.45, 7) is 8.51. The molecule has 0 saturated carbocycles. The molecule has 0 aromatic carbocycles. The van der Waals surface area contributed by atoms with Crippen LogP contribution in [-0.2, 0) is 4.79 Å². The van der Waals surface area contributed by atoms with Crippen molar-refractivity contribution >= 4 is 5.91 Å². The summed E-state index contributed by atoms with van der Waals surface area (Å²) >= 11 is 0. The lowest BCUT2D eigenvalue weighted by Crippen LogP contribution is -2.45. The molecule has 1 rings (SSSR count). The van der Waals surface area contributed by atoms with Crippen LogP contribution in [0.4, 0.5) is 0 Å². The predicted molar refractivity (Wildman–Crippen MR) is 78.0 cm³/mol. The lowest BCUT2D eigenvalue weighted by Gasteiger charge is -2.29. The second-order valence-electron chi connectivity index (χ2n) is 6.32. The first-order chi connectivity index (χ1) is 8.97. The number of amides is 1. The highest BCUT2D eigenvalue weighted by Crippen LogP contribution is 2.10. The van der Waals surface area contributed by atoms with Gasteiger partial charge in [-0.1, -0.05) is 26.7 Å². The van der Waals surface area contributed by atoms with Gasteiger partial charge in [-0.2, -0.15) is 0 Å². The smallest absolute Gasteiger partial charge is 0.234 e. The Hall–Kier alpha value is -0.610. The molecular formula is C15H30N2O2. The average Bonchev–Trinajstić information content (AvgIpc) is 2.27. The lowest BCUT2D eigenvalue weighted by atomic mass is 10.0. The van der Waals surface area contributed by atoms with E-state index < -0.39 is 0 Å². The number of hydrogen-bond acceptors (Lipinski definition) is 3. The first-order valence-electron chi connectivity index (χ1n) is 7.67. The van der Waals surface area contributed by atoms with Crippen LogP contribution in [0.3, 0.4) is 0 Å². The maximum Gasteiger partial charge on any atom is 0.234 e. The summed E-state index contributed by atoms with van der Waals surface area (Å²) in [6, 6.07) is 0.251. The van der Waals surface area contributed by atoms with Crippen LogP contribution in [-0.4, -0.2) is 47.7 Å². The molecule has 1 heterocycles. The molecule has 1 fully saturated rings.